The standard InChI is InChI=1S/C10H15N3O2/c1-4-6(2)9-12-5-7(8(11)13-9)10(14)15-3/h5-6H,4H2,1-3H3,(H2,11,12,13). The van der Waals surface area contributed by atoms with E-state index < -0.39 is 5.97 Å². The van der Waals surface area contributed by atoms with Gasteiger partial charge in [-0.15, -0.1) is 0 Å². The Kier molecular flexibility index (Phi) is 3.60. The number of rotatable bonds is 3. The molecular formula is C10H15N3O2. The van der Waals surface area contributed by atoms with E-state index in [4.69, 9.17) is 5.73 Å². The van der Waals surface area contributed by atoms with Gasteiger partial charge in [-0.3, -0.25) is 0 Å². The van der Waals surface area contributed by atoms with Crippen LogP contribution in [0.25, 0.3) is 0 Å². The number of nitrogens with two attached hydrogens (primary N) is 1. The van der Waals surface area contributed by atoms with Gasteiger partial charge in [0.1, 0.15) is 17.2 Å². The maximum atomic E-state index is 11.2. The Labute approximate surface area is 88.7 Å². The highest BCUT2D eigenvalue weighted by atomic mass is 16.5. The lowest BCUT2D eigenvalue weighted by molar-refractivity contribution is 0.0601. The second kappa shape index (κ2) is 4.72. The highest BCUT2D eigenvalue weighted by Crippen LogP contribution is 2.17. The van der Waals surface area contributed by atoms with Gasteiger partial charge in [0.15, 0.2) is 0 Å². The smallest absolute Gasteiger partial charge is 0.343 e. The van der Waals surface area contributed by atoms with Crippen molar-refractivity contribution in [3.05, 3.63) is 17.6 Å². The average Bonchev–Trinajstić information content (AvgIpc) is 2.26. The molecule has 1 atom stereocenters. The molecule has 0 saturated heterocycles. The molecule has 1 aromatic heterocycles. The van der Waals surface area contributed by atoms with E-state index >= 15 is 0 Å². The van der Waals surface area contributed by atoms with Crippen molar-refractivity contribution in [1.82, 2.24) is 9.97 Å². The molecule has 0 spiro atoms. The molecule has 0 aliphatic carbocycles. The molecular weight excluding hydrogens is 194 g/mol. The Morgan fingerprint density at radius 2 is 2.33 bits per heavy atom. The fourth-order valence-electron chi connectivity index (χ4n) is 1.10. The Morgan fingerprint density at radius 3 is 2.80 bits per heavy atom. The molecule has 0 aliphatic rings. The quantitative estimate of drug-likeness (QED) is 0.760. The molecule has 1 unspecified atom stereocenters. The minimum atomic E-state index is -0.511. The van der Waals surface area contributed by atoms with Gasteiger partial charge in [0.05, 0.1) is 7.11 Å². The molecule has 1 rings (SSSR count). The average molecular weight is 209 g/mol. The van der Waals surface area contributed by atoms with E-state index in [0.29, 0.717) is 5.82 Å². The zero-order valence-corrected chi connectivity index (χ0v) is 9.15. The molecule has 2 N–H and O–H groups in total. The molecule has 0 fully saturated rings. The summed E-state index contributed by atoms with van der Waals surface area (Å²) < 4.78 is 4.54. The zero-order valence-electron chi connectivity index (χ0n) is 9.15. The monoisotopic (exact) mass is 209 g/mol. The largest absolute Gasteiger partial charge is 0.465 e. The first-order valence-corrected chi connectivity index (χ1v) is 4.80. The number of nitrogens with zero attached hydrogens (tertiary/aromatic N) is 2. The van der Waals surface area contributed by atoms with Gasteiger partial charge in [0.25, 0.3) is 0 Å². The van der Waals surface area contributed by atoms with Crippen molar-refractivity contribution < 1.29 is 9.53 Å². The highest BCUT2D eigenvalue weighted by molar-refractivity contribution is 5.93. The van der Waals surface area contributed by atoms with Crippen LogP contribution in [0.15, 0.2) is 6.20 Å². The Hall–Kier alpha value is -1.65. The van der Waals surface area contributed by atoms with E-state index in [1.54, 1.807) is 0 Å². The van der Waals surface area contributed by atoms with Crippen LogP contribution in [-0.4, -0.2) is 23.0 Å². The van der Waals surface area contributed by atoms with Crippen molar-refractivity contribution in [2.75, 3.05) is 12.8 Å². The van der Waals surface area contributed by atoms with Gasteiger partial charge in [-0.1, -0.05) is 13.8 Å². The number of hydrogen-bond acceptors (Lipinski definition) is 5. The van der Waals surface area contributed by atoms with Crippen LogP contribution in [0.4, 0.5) is 5.82 Å². The van der Waals surface area contributed by atoms with Crippen molar-refractivity contribution in [2.45, 2.75) is 26.2 Å². The minimum Gasteiger partial charge on any atom is -0.465 e. The van der Waals surface area contributed by atoms with Crippen LogP contribution in [0.1, 0.15) is 42.4 Å². The number of carbonyl (C=O) groups is 1. The van der Waals surface area contributed by atoms with Gasteiger partial charge in [0.2, 0.25) is 0 Å². The Balaban J connectivity index is 3.03. The van der Waals surface area contributed by atoms with E-state index in [-0.39, 0.29) is 17.3 Å². The molecule has 1 heterocycles. The van der Waals surface area contributed by atoms with E-state index in [9.17, 15) is 4.79 Å². The summed E-state index contributed by atoms with van der Waals surface area (Å²) in [6.07, 6.45) is 2.34. The van der Waals surface area contributed by atoms with Gasteiger partial charge in [0, 0.05) is 12.1 Å². The maximum absolute atomic E-state index is 11.2. The summed E-state index contributed by atoms with van der Waals surface area (Å²) >= 11 is 0. The summed E-state index contributed by atoms with van der Waals surface area (Å²) in [6, 6.07) is 0. The molecule has 5 nitrogen and oxygen atoms in total. The van der Waals surface area contributed by atoms with Crippen LogP contribution in [0.5, 0.6) is 0 Å². The summed E-state index contributed by atoms with van der Waals surface area (Å²) in [5, 5.41) is 0. The second-order valence-corrected chi connectivity index (χ2v) is 3.33. The highest BCUT2D eigenvalue weighted by Gasteiger charge is 2.14. The Bertz CT molecular complexity index is 366. The third-order valence-electron chi connectivity index (χ3n) is 2.30. The van der Waals surface area contributed by atoms with Gasteiger partial charge >= 0.3 is 5.97 Å². The first kappa shape index (κ1) is 11.4. The first-order valence-electron chi connectivity index (χ1n) is 4.80. The lowest BCUT2D eigenvalue weighted by atomic mass is 10.1. The molecule has 1 aromatic rings. The SMILES string of the molecule is CCC(C)c1ncc(C(=O)OC)c(N)n1. The van der Waals surface area contributed by atoms with Crippen LogP contribution in [-0.2, 0) is 4.74 Å². The molecule has 0 aliphatic heterocycles. The molecule has 0 aromatic carbocycles. The lowest BCUT2D eigenvalue weighted by Crippen LogP contribution is -2.11. The fraction of sp³-hybridized carbons (Fsp3) is 0.500. The summed E-state index contributed by atoms with van der Waals surface area (Å²) in [5.41, 5.74) is 5.85. The third-order valence-corrected chi connectivity index (χ3v) is 2.30. The number of carbonyl (C=O) groups excluding carboxylic acids is 1. The summed E-state index contributed by atoms with van der Waals surface area (Å²) in [7, 11) is 1.30. The number of nitrogen functional groups attached to an aromatic ring is 1. The van der Waals surface area contributed by atoms with Crippen molar-refractivity contribution in [2.24, 2.45) is 0 Å². The lowest BCUT2D eigenvalue weighted by Gasteiger charge is -2.08. The van der Waals surface area contributed by atoms with Crippen LogP contribution in [0.2, 0.25) is 0 Å². The first-order chi connectivity index (χ1) is 7.10. The molecule has 15 heavy (non-hydrogen) atoms. The van der Waals surface area contributed by atoms with Crippen molar-refractivity contribution in [3.63, 3.8) is 0 Å². The van der Waals surface area contributed by atoms with Crippen molar-refractivity contribution >= 4 is 11.8 Å². The van der Waals surface area contributed by atoms with Crippen LogP contribution >= 0.6 is 0 Å². The van der Waals surface area contributed by atoms with Crippen LogP contribution < -0.4 is 5.73 Å². The predicted molar refractivity (Wildman–Crippen MR) is 56.5 cm³/mol. The van der Waals surface area contributed by atoms with Gasteiger partial charge in [-0.25, -0.2) is 14.8 Å². The van der Waals surface area contributed by atoms with Gasteiger partial charge < -0.3 is 10.5 Å². The number of anilines is 1. The van der Waals surface area contributed by atoms with E-state index in [1.807, 2.05) is 13.8 Å². The van der Waals surface area contributed by atoms with Gasteiger partial charge in [-0.2, -0.15) is 0 Å². The van der Waals surface area contributed by atoms with Crippen LogP contribution in [0, 0.1) is 0 Å². The predicted octanol–water partition coefficient (Wildman–Crippen LogP) is 1.36. The summed E-state index contributed by atoms with van der Waals surface area (Å²) in [4.78, 5) is 19.4. The topological polar surface area (TPSA) is 78.1 Å². The zero-order chi connectivity index (χ0) is 11.4. The number of aromatic nitrogens is 2. The molecule has 0 bridgehead atoms. The molecule has 0 amide bonds. The fourth-order valence-corrected chi connectivity index (χ4v) is 1.10. The number of hydrogen-bond donors (Lipinski definition) is 1. The van der Waals surface area contributed by atoms with Crippen LogP contribution in [0.3, 0.4) is 0 Å². The van der Waals surface area contributed by atoms with E-state index in [1.165, 1.54) is 13.3 Å². The summed E-state index contributed by atoms with van der Waals surface area (Å²) in [5.74, 6) is 0.553. The molecule has 0 saturated carbocycles. The normalized spacial score (nSPS) is 12.2. The molecule has 82 valence electrons. The van der Waals surface area contributed by atoms with E-state index in [2.05, 4.69) is 14.7 Å². The number of ether oxygens (including phenoxy) is 1. The van der Waals surface area contributed by atoms with Gasteiger partial charge in [-0.05, 0) is 6.42 Å². The van der Waals surface area contributed by atoms with Crippen molar-refractivity contribution in [3.8, 4) is 0 Å². The minimum absolute atomic E-state index is 0.173. The number of methoxy groups -OCH3 is 1. The van der Waals surface area contributed by atoms with Crippen molar-refractivity contribution in [1.29, 1.82) is 0 Å². The molecule has 0 radical (unpaired) electrons. The summed E-state index contributed by atoms with van der Waals surface area (Å²) in [6.45, 7) is 4.05. The molecule has 5 heteroatoms. The van der Waals surface area contributed by atoms with E-state index in [0.717, 1.165) is 6.42 Å². The maximum Gasteiger partial charge on any atom is 0.343 e. The third kappa shape index (κ3) is 2.43. The Morgan fingerprint density at radius 1 is 1.67 bits per heavy atom. The number of esters is 1. The second-order valence-electron chi connectivity index (χ2n) is 3.33.